The Morgan fingerprint density at radius 1 is 1.26 bits per heavy atom. The molecule has 2 rings (SSSR count). The van der Waals surface area contributed by atoms with E-state index in [0.717, 1.165) is 31.9 Å². The van der Waals surface area contributed by atoms with Gasteiger partial charge >= 0.3 is 0 Å². The molecule has 0 aliphatic carbocycles. The molecule has 0 aliphatic rings. The molecular weight excluding hydrogens is 238 g/mol. The first-order valence-electron chi connectivity index (χ1n) is 6.92. The van der Waals surface area contributed by atoms with Crippen molar-refractivity contribution in [3.8, 4) is 0 Å². The van der Waals surface area contributed by atoms with Gasteiger partial charge < -0.3 is 4.42 Å². The number of hydrogen-bond donors (Lipinski definition) is 0. The summed E-state index contributed by atoms with van der Waals surface area (Å²) < 4.78 is 7.22. The Morgan fingerprint density at radius 3 is 2.58 bits per heavy atom. The normalized spacial score (nSPS) is 11.4. The van der Waals surface area contributed by atoms with Gasteiger partial charge in [-0.15, -0.1) is 0 Å². The molecule has 0 unspecified atom stereocenters. The van der Waals surface area contributed by atoms with Gasteiger partial charge in [-0.05, 0) is 33.4 Å². The Hall–Kier alpha value is -1.55. The van der Waals surface area contributed by atoms with E-state index in [4.69, 9.17) is 4.42 Å². The smallest absolute Gasteiger partial charge is 0.0947 e. The van der Waals surface area contributed by atoms with Gasteiger partial charge in [-0.25, -0.2) is 0 Å². The summed E-state index contributed by atoms with van der Waals surface area (Å²) in [5.41, 5.74) is 5.00. The molecule has 0 amide bonds. The van der Waals surface area contributed by atoms with Crippen molar-refractivity contribution >= 4 is 0 Å². The maximum atomic E-state index is 5.14. The summed E-state index contributed by atoms with van der Waals surface area (Å²) in [6.07, 6.45) is 3.55. The quantitative estimate of drug-likeness (QED) is 0.801. The van der Waals surface area contributed by atoms with Crippen LogP contribution in [0.5, 0.6) is 0 Å². The van der Waals surface area contributed by atoms with Crippen LogP contribution in [0.3, 0.4) is 0 Å². The Labute approximate surface area is 115 Å². The van der Waals surface area contributed by atoms with Crippen LogP contribution >= 0.6 is 0 Å². The molecule has 0 saturated carbocycles. The van der Waals surface area contributed by atoms with Crippen LogP contribution in [0, 0.1) is 13.8 Å². The predicted octanol–water partition coefficient (Wildman–Crippen LogP) is 3.13. The monoisotopic (exact) mass is 261 g/mol. The third-order valence-corrected chi connectivity index (χ3v) is 3.65. The van der Waals surface area contributed by atoms with Crippen molar-refractivity contribution in [2.24, 2.45) is 0 Å². The maximum absolute atomic E-state index is 5.14. The lowest BCUT2D eigenvalue weighted by Crippen LogP contribution is -2.22. The van der Waals surface area contributed by atoms with Crippen LogP contribution < -0.4 is 0 Å². The van der Waals surface area contributed by atoms with E-state index in [1.807, 2.05) is 12.3 Å². The van der Waals surface area contributed by atoms with E-state index in [-0.39, 0.29) is 0 Å². The van der Waals surface area contributed by atoms with Crippen molar-refractivity contribution in [3.63, 3.8) is 0 Å². The van der Waals surface area contributed by atoms with Gasteiger partial charge in [0.2, 0.25) is 0 Å². The summed E-state index contributed by atoms with van der Waals surface area (Å²) in [4.78, 5) is 2.40. The van der Waals surface area contributed by atoms with Gasteiger partial charge in [0.05, 0.1) is 18.2 Å². The van der Waals surface area contributed by atoms with E-state index in [1.165, 1.54) is 16.8 Å². The maximum Gasteiger partial charge on any atom is 0.0947 e. The predicted molar refractivity (Wildman–Crippen MR) is 75.9 cm³/mol. The number of aryl methyl sites for hydroxylation is 2. The highest BCUT2D eigenvalue weighted by molar-refractivity contribution is 5.24. The fourth-order valence-electron chi connectivity index (χ4n) is 2.41. The number of furan rings is 1. The molecule has 19 heavy (non-hydrogen) atoms. The van der Waals surface area contributed by atoms with Crippen molar-refractivity contribution in [3.05, 3.63) is 41.1 Å². The summed E-state index contributed by atoms with van der Waals surface area (Å²) in [5.74, 6) is 0. The van der Waals surface area contributed by atoms with Gasteiger partial charge in [-0.2, -0.15) is 5.10 Å². The minimum atomic E-state index is 0.920. The van der Waals surface area contributed by atoms with Crippen LogP contribution in [0.2, 0.25) is 0 Å². The van der Waals surface area contributed by atoms with Crippen molar-refractivity contribution in [1.29, 1.82) is 0 Å². The second kappa shape index (κ2) is 6.06. The van der Waals surface area contributed by atoms with E-state index >= 15 is 0 Å². The molecule has 4 nitrogen and oxygen atoms in total. The van der Waals surface area contributed by atoms with Crippen molar-refractivity contribution in [1.82, 2.24) is 14.7 Å². The molecular formula is C15H23N3O. The SMILES string of the molecule is CCN(Cc1ccoc1)Cc1c(C)nn(CC)c1C. The zero-order valence-corrected chi connectivity index (χ0v) is 12.3. The van der Waals surface area contributed by atoms with Gasteiger partial charge in [-0.3, -0.25) is 9.58 Å². The third kappa shape index (κ3) is 3.07. The molecule has 0 spiro atoms. The highest BCUT2D eigenvalue weighted by atomic mass is 16.3. The third-order valence-electron chi connectivity index (χ3n) is 3.65. The van der Waals surface area contributed by atoms with E-state index < -0.39 is 0 Å². The molecule has 2 aromatic heterocycles. The lowest BCUT2D eigenvalue weighted by Gasteiger charge is -2.19. The number of hydrogen-bond acceptors (Lipinski definition) is 3. The molecule has 0 atom stereocenters. The van der Waals surface area contributed by atoms with Crippen molar-refractivity contribution in [2.75, 3.05) is 6.54 Å². The zero-order valence-electron chi connectivity index (χ0n) is 12.3. The molecule has 4 heteroatoms. The average molecular weight is 261 g/mol. The lowest BCUT2D eigenvalue weighted by molar-refractivity contribution is 0.269. The molecule has 0 aliphatic heterocycles. The van der Waals surface area contributed by atoms with Crippen LogP contribution in [0.4, 0.5) is 0 Å². The number of nitrogens with zero attached hydrogens (tertiary/aromatic N) is 3. The molecule has 2 aromatic rings. The molecule has 0 fully saturated rings. The minimum Gasteiger partial charge on any atom is -0.472 e. The first-order chi connectivity index (χ1) is 9.15. The van der Waals surface area contributed by atoms with E-state index in [0.29, 0.717) is 0 Å². The fraction of sp³-hybridized carbons (Fsp3) is 0.533. The van der Waals surface area contributed by atoms with Gasteiger partial charge in [0.15, 0.2) is 0 Å². The fourth-order valence-corrected chi connectivity index (χ4v) is 2.41. The molecule has 0 N–H and O–H groups in total. The standard InChI is InChI=1S/C15H23N3O/c1-5-17(9-14-7-8-19-11-14)10-15-12(3)16-18(6-2)13(15)4/h7-8,11H,5-6,9-10H2,1-4H3. The van der Waals surface area contributed by atoms with E-state index in [9.17, 15) is 0 Å². The Balaban J connectivity index is 2.12. The van der Waals surface area contributed by atoms with E-state index in [1.54, 1.807) is 6.26 Å². The van der Waals surface area contributed by atoms with E-state index in [2.05, 4.69) is 42.4 Å². The molecule has 0 radical (unpaired) electrons. The van der Waals surface area contributed by atoms with Crippen molar-refractivity contribution < 1.29 is 4.42 Å². The highest BCUT2D eigenvalue weighted by Crippen LogP contribution is 2.17. The summed E-state index contributed by atoms with van der Waals surface area (Å²) in [7, 11) is 0. The second-order valence-electron chi connectivity index (χ2n) is 4.90. The summed E-state index contributed by atoms with van der Waals surface area (Å²) >= 11 is 0. The number of aromatic nitrogens is 2. The largest absolute Gasteiger partial charge is 0.472 e. The number of rotatable bonds is 6. The molecule has 0 aromatic carbocycles. The summed E-state index contributed by atoms with van der Waals surface area (Å²) in [6.45, 7) is 12.4. The zero-order chi connectivity index (χ0) is 13.8. The van der Waals surface area contributed by atoms with Crippen molar-refractivity contribution in [2.45, 2.75) is 47.3 Å². The summed E-state index contributed by atoms with van der Waals surface area (Å²) in [5, 5.41) is 4.58. The Bertz CT molecular complexity index is 514. The van der Waals surface area contributed by atoms with Crippen LogP contribution in [0.25, 0.3) is 0 Å². The molecule has 0 bridgehead atoms. The van der Waals surface area contributed by atoms with Gasteiger partial charge in [0, 0.05) is 36.5 Å². The first kappa shape index (κ1) is 13.9. The van der Waals surface area contributed by atoms with Crippen LogP contribution in [0.1, 0.15) is 36.4 Å². The molecule has 0 saturated heterocycles. The topological polar surface area (TPSA) is 34.2 Å². The Morgan fingerprint density at radius 2 is 2.05 bits per heavy atom. The first-order valence-corrected chi connectivity index (χ1v) is 6.92. The van der Waals surface area contributed by atoms with Crippen LogP contribution in [-0.2, 0) is 19.6 Å². The van der Waals surface area contributed by atoms with Gasteiger partial charge in [-0.1, -0.05) is 6.92 Å². The van der Waals surface area contributed by atoms with Crippen LogP contribution in [-0.4, -0.2) is 21.2 Å². The average Bonchev–Trinajstić information content (AvgIpc) is 3.00. The molecule has 2 heterocycles. The second-order valence-corrected chi connectivity index (χ2v) is 4.90. The van der Waals surface area contributed by atoms with Gasteiger partial charge in [0.25, 0.3) is 0 Å². The molecule has 104 valence electrons. The summed E-state index contributed by atoms with van der Waals surface area (Å²) in [6, 6.07) is 2.03. The Kier molecular flexibility index (Phi) is 4.43. The minimum absolute atomic E-state index is 0.920. The lowest BCUT2D eigenvalue weighted by atomic mass is 10.1. The van der Waals surface area contributed by atoms with Crippen LogP contribution in [0.15, 0.2) is 23.0 Å². The highest BCUT2D eigenvalue weighted by Gasteiger charge is 2.14. The van der Waals surface area contributed by atoms with Gasteiger partial charge in [0.1, 0.15) is 0 Å².